The number of carbonyl (C=O) groups excluding carboxylic acids is 1. The number of nitrogens with zero attached hydrogens (tertiary/aromatic N) is 3. The fourth-order valence-electron chi connectivity index (χ4n) is 5.79. The maximum Gasteiger partial charge on any atom is 0.225 e. The molecule has 0 aliphatic carbocycles. The third kappa shape index (κ3) is 6.68. The third-order valence-corrected chi connectivity index (χ3v) is 8.41. The zero-order chi connectivity index (χ0) is 24.0. The minimum absolute atomic E-state index is 0.0690. The van der Waals surface area contributed by atoms with Gasteiger partial charge in [0.1, 0.15) is 5.01 Å². The number of β-amino-alcohol motifs (C(OH)–C–C–N with tert-alkyl or cyclic N) is 1. The quantitative estimate of drug-likeness (QED) is 0.658. The molecule has 1 amide bonds. The van der Waals surface area contributed by atoms with E-state index in [0.29, 0.717) is 38.6 Å². The first kappa shape index (κ1) is 24.8. The van der Waals surface area contributed by atoms with Crippen LogP contribution < -0.4 is 0 Å². The molecule has 8 heteroatoms. The number of amides is 1. The van der Waals surface area contributed by atoms with Crippen molar-refractivity contribution in [3.63, 3.8) is 0 Å². The second-order valence-corrected chi connectivity index (χ2v) is 11.2. The molecule has 1 aromatic carbocycles. The van der Waals surface area contributed by atoms with Gasteiger partial charge in [-0.3, -0.25) is 9.69 Å². The van der Waals surface area contributed by atoms with Gasteiger partial charge >= 0.3 is 0 Å². The van der Waals surface area contributed by atoms with Crippen LogP contribution in [-0.4, -0.2) is 83.0 Å². The van der Waals surface area contributed by atoms with Gasteiger partial charge in [0.25, 0.3) is 0 Å². The van der Waals surface area contributed by atoms with Crippen molar-refractivity contribution in [2.24, 2.45) is 5.92 Å². The van der Waals surface area contributed by atoms with Crippen molar-refractivity contribution in [2.45, 2.75) is 69.4 Å². The predicted molar refractivity (Wildman–Crippen MR) is 135 cm³/mol. The van der Waals surface area contributed by atoms with Gasteiger partial charge in [0.15, 0.2) is 0 Å². The number of hydrogen-bond acceptors (Lipinski definition) is 7. The molecule has 4 heterocycles. The van der Waals surface area contributed by atoms with Gasteiger partial charge in [0.2, 0.25) is 5.91 Å². The number of aliphatic hydroxyl groups excluding tert-OH is 1. The number of fused-ring (bicyclic) bond motifs is 1. The summed E-state index contributed by atoms with van der Waals surface area (Å²) in [5.41, 5.74) is 1.39. The SMILES string of the molecule is O=C(C[C@H]1CC[C@@H]2[C@H](COC[C@H](O)CN2Cc2nccs2)O1)N1CCC(Cc2ccccc2)CC1. The zero-order valence-electron chi connectivity index (χ0n) is 20.3. The number of rotatable bonds is 6. The fraction of sp³-hybridized carbons (Fsp3) is 0.630. The number of carbonyl (C=O) groups is 1. The van der Waals surface area contributed by atoms with Gasteiger partial charge in [0.05, 0.1) is 44.5 Å². The summed E-state index contributed by atoms with van der Waals surface area (Å²) in [7, 11) is 0. The molecule has 3 aliphatic rings. The molecule has 4 atom stereocenters. The van der Waals surface area contributed by atoms with E-state index in [0.717, 1.165) is 50.2 Å². The van der Waals surface area contributed by atoms with Gasteiger partial charge in [-0.25, -0.2) is 4.98 Å². The minimum atomic E-state index is -0.514. The van der Waals surface area contributed by atoms with Gasteiger partial charge in [0, 0.05) is 37.3 Å². The van der Waals surface area contributed by atoms with Crippen molar-refractivity contribution in [1.29, 1.82) is 0 Å². The van der Waals surface area contributed by atoms with E-state index in [-0.39, 0.29) is 24.2 Å². The molecule has 0 radical (unpaired) electrons. The highest BCUT2D eigenvalue weighted by Gasteiger charge is 2.38. The Morgan fingerprint density at radius 2 is 1.94 bits per heavy atom. The van der Waals surface area contributed by atoms with Gasteiger partial charge in [-0.05, 0) is 43.6 Å². The Bertz CT molecular complexity index is 920. The van der Waals surface area contributed by atoms with Crippen molar-refractivity contribution in [2.75, 3.05) is 32.8 Å². The van der Waals surface area contributed by atoms with Crippen LogP contribution >= 0.6 is 11.3 Å². The van der Waals surface area contributed by atoms with Crippen LogP contribution in [0.4, 0.5) is 0 Å². The van der Waals surface area contributed by atoms with Crippen LogP contribution in [0.2, 0.25) is 0 Å². The van der Waals surface area contributed by atoms with E-state index in [2.05, 4.69) is 40.2 Å². The average molecular weight is 500 g/mol. The summed E-state index contributed by atoms with van der Waals surface area (Å²) >= 11 is 1.64. The van der Waals surface area contributed by atoms with Crippen molar-refractivity contribution in [3.05, 3.63) is 52.5 Å². The zero-order valence-corrected chi connectivity index (χ0v) is 21.2. The number of aliphatic hydroxyl groups is 1. The van der Waals surface area contributed by atoms with Crippen molar-refractivity contribution < 1.29 is 19.4 Å². The molecule has 2 aromatic rings. The molecule has 1 N–H and O–H groups in total. The summed E-state index contributed by atoms with van der Waals surface area (Å²) in [6, 6.07) is 10.8. The number of thiazole rings is 1. The molecule has 35 heavy (non-hydrogen) atoms. The highest BCUT2D eigenvalue weighted by Crippen LogP contribution is 2.30. The molecule has 3 aliphatic heterocycles. The van der Waals surface area contributed by atoms with Gasteiger partial charge in [-0.1, -0.05) is 30.3 Å². The van der Waals surface area contributed by atoms with Crippen LogP contribution in [0.1, 0.15) is 42.7 Å². The first-order valence-corrected chi connectivity index (χ1v) is 13.9. The second-order valence-electron chi connectivity index (χ2n) is 10.2. The Balaban J connectivity index is 1.12. The summed E-state index contributed by atoms with van der Waals surface area (Å²) in [4.78, 5) is 21.9. The predicted octanol–water partition coefficient (Wildman–Crippen LogP) is 3.12. The van der Waals surface area contributed by atoms with Crippen LogP contribution in [0, 0.1) is 5.92 Å². The maximum atomic E-state index is 13.1. The summed E-state index contributed by atoms with van der Waals surface area (Å²) in [6.45, 7) is 3.70. The van der Waals surface area contributed by atoms with E-state index in [4.69, 9.17) is 9.47 Å². The van der Waals surface area contributed by atoms with Gasteiger partial charge in [-0.2, -0.15) is 0 Å². The van der Waals surface area contributed by atoms with E-state index >= 15 is 0 Å². The maximum absolute atomic E-state index is 13.1. The van der Waals surface area contributed by atoms with Crippen LogP contribution in [0.5, 0.6) is 0 Å². The average Bonchev–Trinajstić information content (AvgIpc) is 3.37. The van der Waals surface area contributed by atoms with E-state index in [1.165, 1.54) is 5.56 Å². The Morgan fingerprint density at radius 3 is 2.71 bits per heavy atom. The standard InChI is InChI=1S/C27H37N3O4S/c31-22-16-30(17-26-28-10-13-35-26)24-7-6-23(34-25(24)19-33-18-22)15-27(32)29-11-8-21(9-12-29)14-20-4-2-1-3-5-20/h1-5,10,13,21-25,31H,6-9,11-12,14-19H2/t22-,23-,24-,25+/m1/s1. The molecule has 3 saturated heterocycles. The van der Waals surface area contributed by atoms with Crippen LogP contribution in [0.25, 0.3) is 0 Å². The highest BCUT2D eigenvalue weighted by atomic mass is 32.1. The summed E-state index contributed by atoms with van der Waals surface area (Å²) in [5, 5.41) is 13.4. The summed E-state index contributed by atoms with van der Waals surface area (Å²) in [5.74, 6) is 0.868. The first-order chi connectivity index (χ1) is 17.1. The molecular weight excluding hydrogens is 462 g/mol. The summed E-state index contributed by atoms with van der Waals surface area (Å²) in [6.07, 6.45) is 6.62. The van der Waals surface area contributed by atoms with Crippen molar-refractivity contribution >= 4 is 17.2 Å². The third-order valence-electron chi connectivity index (χ3n) is 7.65. The van der Waals surface area contributed by atoms with Crippen molar-refractivity contribution in [1.82, 2.24) is 14.8 Å². The molecule has 0 saturated carbocycles. The van der Waals surface area contributed by atoms with E-state index in [1.807, 2.05) is 16.5 Å². The fourth-order valence-corrected chi connectivity index (χ4v) is 6.43. The number of benzene rings is 1. The molecule has 1 aromatic heterocycles. The van der Waals surface area contributed by atoms with Crippen LogP contribution in [-0.2, 0) is 27.2 Å². The number of likely N-dealkylation sites (tertiary alicyclic amines) is 1. The van der Waals surface area contributed by atoms with Gasteiger partial charge < -0.3 is 19.5 Å². The Morgan fingerprint density at radius 1 is 1.11 bits per heavy atom. The number of hydrogen-bond donors (Lipinski definition) is 1. The lowest BCUT2D eigenvalue weighted by Gasteiger charge is -2.44. The molecule has 3 fully saturated rings. The monoisotopic (exact) mass is 499 g/mol. The lowest BCUT2D eigenvalue weighted by atomic mass is 9.89. The van der Waals surface area contributed by atoms with Crippen molar-refractivity contribution in [3.8, 4) is 0 Å². The van der Waals surface area contributed by atoms with Crippen LogP contribution in [0.3, 0.4) is 0 Å². The number of ether oxygens (including phenoxy) is 2. The molecular formula is C27H37N3O4S. The smallest absolute Gasteiger partial charge is 0.225 e. The molecule has 0 bridgehead atoms. The Hall–Kier alpha value is -1.84. The van der Waals surface area contributed by atoms with E-state index in [1.54, 1.807) is 11.3 Å². The largest absolute Gasteiger partial charge is 0.389 e. The Kier molecular flexibility index (Phi) is 8.47. The second kappa shape index (κ2) is 11.9. The molecule has 0 spiro atoms. The lowest BCUT2D eigenvalue weighted by Crippen LogP contribution is -2.55. The first-order valence-electron chi connectivity index (χ1n) is 13.0. The topological polar surface area (TPSA) is 75.1 Å². The van der Waals surface area contributed by atoms with E-state index in [9.17, 15) is 9.90 Å². The van der Waals surface area contributed by atoms with E-state index < -0.39 is 6.10 Å². The molecule has 0 unspecified atom stereocenters. The Labute approximate surface area is 212 Å². The number of aromatic nitrogens is 1. The van der Waals surface area contributed by atoms with Gasteiger partial charge in [-0.15, -0.1) is 11.3 Å². The minimum Gasteiger partial charge on any atom is -0.389 e. The highest BCUT2D eigenvalue weighted by molar-refractivity contribution is 7.09. The normalized spacial score (nSPS) is 28.8. The number of piperidine rings is 1. The molecule has 7 nitrogen and oxygen atoms in total. The molecule has 190 valence electrons. The van der Waals surface area contributed by atoms with Crippen LogP contribution in [0.15, 0.2) is 41.9 Å². The lowest BCUT2D eigenvalue weighted by molar-refractivity contribution is -0.161. The molecule has 5 rings (SSSR count). The summed E-state index contributed by atoms with van der Waals surface area (Å²) < 4.78 is 12.2.